The molecule has 0 fully saturated rings. The van der Waals surface area contributed by atoms with E-state index in [1.54, 1.807) is 0 Å². The number of hydrogen-bond acceptors (Lipinski definition) is 8. The topological polar surface area (TPSA) is 89.5 Å². The molecule has 0 amide bonds. The Kier molecular flexibility index (Phi) is 15.0. The molecule has 0 aliphatic rings. The number of hydrogen-bond donors (Lipinski definition) is 0. The zero-order valence-electron chi connectivity index (χ0n) is 27.5. The zero-order valence-corrected chi connectivity index (χ0v) is 27.5. The molecule has 0 bridgehead atoms. The first-order valence-corrected chi connectivity index (χ1v) is 16.0. The highest BCUT2D eigenvalue weighted by Gasteiger charge is 2.43. The summed E-state index contributed by atoms with van der Waals surface area (Å²) in [5.74, 6) is -1.03. The van der Waals surface area contributed by atoms with Gasteiger partial charge in [0.25, 0.3) is 0 Å². The molecular weight excluding hydrogens is 608 g/mol. The summed E-state index contributed by atoms with van der Waals surface area (Å²) in [7, 11) is 0. The molecule has 0 saturated heterocycles. The summed E-state index contributed by atoms with van der Waals surface area (Å²) in [6.07, 6.45) is -3.16. The van der Waals surface area contributed by atoms with Crippen molar-refractivity contribution >= 4 is 11.9 Å². The standard InChI is InChI=1S/C40H44O8/c1-4-36(47-30(2)41)38(44-26-33-19-11-6-12-20-33)40(46-28-35-23-15-8-16-24-35)39(45-27-34-21-13-7-14-22-34)37(48-31(3)42)29-43-25-32-17-9-5-10-18-32/h4-24,36-40H,1,25-29H2,2-3H3/t36-,37-,38+,39-,40-/m1/s1. The van der Waals surface area contributed by atoms with Crippen LogP contribution in [0.25, 0.3) is 0 Å². The van der Waals surface area contributed by atoms with Crippen LogP contribution in [0.2, 0.25) is 0 Å². The van der Waals surface area contributed by atoms with Crippen LogP contribution < -0.4 is 0 Å². The predicted octanol–water partition coefficient (Wildman–Crippen LogP) is 7.01. The molecule has 8 nitrogen and oxygen atoms in total. The highest BCUT2D eigenvalue weighted by atomic mass is 16.6. The predicted molar refractivity (Wildman–Crippen MR) is 182 cm³/mol. The van der Waals surface area contributed by atoms with E-state index in [2.05, 4.69) is 6.58 Å². The van der Waals surface area contributed by atoms with E-state index in [0.29, 0.717) is 0 Å². The van der Waals surface area contributed by atoms with Gasteiger partial charge >= 0.3 is 11.9 Å². The van der Waals surface area contributed by atoms with E-state index in [4.69, 9.17) is 28.4 Å². The summed E-state index contributed by atoms with van der Waals surface area (Å²) < 4.78 is 37.7. The fourth-order valence-electron chi connectivity index (χ4n) is 5.18. The van der Waals surface area contributed by atoms with Gasteiger partial charge in [0.15, 0.2) is 6.10 Å². The van der Waals surface area contributed by atoms with Crippen molar-refractivity contribution in [2.24, 2.45) is 0 Å². The van der Waals surface area contributed by atoms with E-state index in [-0.39, 0.29) is 33.0 Å². The van der Waals surface area contributed by atoms with Crippen LogP contribution in [-0.2, 0) is 64.4 Å². The summed E-state index contributed by atoms with van der Waals surface area (Å²) >= 11 is 0. The minimum absolute atomic E-state index is 0.00312. The van der Waals surface area contributed by atoms with Gasteiger partial charge in [0.1, 0.15) is 24.4 Å². The van der Waals surface area contributed by atoms with Gasteiger partial charge in [0.05, 0.1) is 33.0 Å². The van der Waals surface area contributed by atoms with Crippen molar-refractivity contribution in [1.82, 2.24) is 0 Å². The Bertz CT molecular complexity index is 1500. The van der Waals surface area contributed by atoms with Crippen molar-refractivity contribution in [1.29, 1.82) is 0 Å². The third kappa shape index (κ3) is 12.2. The highest BCUT2D eigenvalue weighted by Crippen LogP contribution is 2.26. The van der Waals surface area contributed by atoms with Gasteiger partial charge in [0.2, 0.25) is 0 Å². The smallest absolute Gasteiger partial charge is 0.303 e. The Morgan fingerprint density at radius 2 is 0.917 bits per heavy atom. The lowest BCUT2D eigenvalue weighted by Gasteiger charge is -2.39. The van der Waals surface area contributed by atoms with E-state index >= 15 is 0 Å². The van der Waals surface area contributed by atoms with Gasteiger partial charge in [-0.15, -0.1) is 0 Å². The highest BCUT2D eigenvalue weighted by molar-refractivity contribution is 5.66. The molecule has 0 aliphatic heterocycles. The summed E-state index contributed by atoms with van der Waals surface area (Å²) in [4.78, 5) is 24.9. The molecule has 0 radical (unpaired) electrons. The van der Waals surface area contributed by atoms with E-state index in [0.717, 1.165) is 22.3 Å². The molecule has 8 heteroatoms. The van der Waals surface area contributed by atoms with Crippen molar-refractivity contribution < 1.29 is 38.0 Å². The minimum Gasteiger partial charge on any atom is -0.457 e. The largest absolute Gasteiger partial charge is 0.457 e. The fourth-order valence-corrected chi connectivity index (χ4v) is 5.18. The van der Waals surface area contributed by atoms with E-state index in [1.807, 2.05) is 121 Å². The van der Waals surface area contributed by atoms with Crippen LogP contribution in [0.3, 0.4) is 0 Å². The Labute approximate surface area is 283 Å². The van der Waals surface area contributed by atoms with Crippen LogP contribution in [-0.4, -0.2) is 49.1 Å². The molecule has 5 atom stereocenters. The van der Waals surface area contributed by atoms with E-state index < -0.39 is 42.5 Å². The second-order valence-electron chi connectivity index (χ2n) is 11.2. The average molecular weight is 653 g/mol. The van der Waals surface area contributed by atoms with Gasteiger partial charge < -0.3 is 28.4 Å². The number of ether oxygens (including phenoxy) is 6. The number of carbonyl (C=O) groups is 2. The third-order valence-corrected chi connectivity index (χ3v) is 7.44. The summed E-state index contributed by atoms with van der Waals surface area (Å²) in [5.41, 5.74) is 3.67. The minimum atomic E-state index is -0.940. The number of rotatable bonds is 20. The SMILES string of the molecule is C=C[C@@H](OC(C)=O)[C@H](OCc1ccccc1)[C@@H](OCc1ccccc1)[C@H](OCc1ccccc1)[C@@H](COCc1ccccc1)OC(C)=O. The van der Waals surface area contributed by atoms with Gasteiger partial charge in [-0.2, -0.15) is 0 Å². The van der Waals surface area contributed by atoms with Crippen LogP contribution >= 0.6 is 0 Å². The van der Waals surface area contributed by atoms with Crippen LogP contribution in [0.4, 0.5) is 0 Å². The lowest BCUT2D eigenvalue weighted by atomic mass is 9.97. The number of carbonyl (C=O) groups excluding carboxylic acids is 2. The monoisotopic (exact) mass is 652 g/mol. The zero-order chi connectivity index (χ0) is 34.0. The molecule has 252 valence electrons. The average Bonchev–Trinajstić information content (AvgIpc) is 3.11. The van der Waals surface area contributed by atoms with Crippen LogP contribution in [0.1, 0.15) is 36.1 Å². The van der Waals surface area contributed by atoms with Gasteiger partial charge in [-0.1, -0.05) is 128 Å². The van der Waals surface area contributed by atoms with E-state index in [1.165, 1.54) is 19.9 Å². The second kappa shape index (κ2) is 19.9. The maximum Gasteiger partial charge on any atom is 0.303 e. The Balaban J connectivity index is 1.75. The molecule has 0 N–H and O–H groups in total. The Morgan fingerprint density at radius 1 is 0.542 bits per heavy atom. The van der Waals surface area contributed by atoms with Crippen molar-refractivity contribution in [3.05, 3.63) is 156 Å². The van der Waals surface area contributed by atoms with Crippen LogP contribution in [0.15, 0.2) is 134 Å². The van der Waals surface area contributed by atoms with Crippen molar-refractivity contribution in [2.45, 2.75) is 70.8 Å². The first kappa shape index (κ1) is 36.2. The van der Waals surface area contributed by atoms with Crippen LogP contribution in [0.5, 0.6) is 0 Å². The molecular formula is C40H44O8. The fraction of sp³-hybridized carbons (Fsp3) is 0.300. The lowest BCUT2D eigenvalue weighted by Crippen LogP contribution is -2.55. The van der Waals surface area contributed by atoms with E-state index in [9.17, 15) is 9.59 Å². The maximum absolute atomic E-state index is 12.6. The first-order valence-electron chi connectivity index (χ1n) is 16.0. The number of esters is 2. The lowest BCUT2D eigenvalue weighted by molar-refractivity contribution is -0.213. The van der Waals surface area contributed by atoms with Crippen LogP contribution in [0, 0.1) is 0 Å². The van der Waals surface area contributed by atoms with Crippen molar-refractivity contribution in [3.63, 3.8) is 0 Å². The quantitative estimate of drug-likeness (QED) is 0.0745. The second-order valence-corrected chi connectivity index (χ2v) is 11.2. The van der Waals surface area contributed by atoms with Crippen molar-refractivity contribution in [3.8, 4) is 0 Å². The summed E-state index contributed by atoms with van der Waals surface area (Å²) in [5, 5.41) is 0. The third-order valence-electron chi connectivity index (χ3n) is 7.44. The van der Waals surface area contributed by atoms with Gasteiger partial charge in [0, 0.05) is 13.8 Å². The molecule has 0 aliphatic carbocycles. The molecule has 0 aromatic heterocycles. The summed E-state index contributed by atoms with van der Waals surface area (Å²) in [6.45, 7) is 7.43. The number of benzene rings is 4. The molecule has 0 unspecified atom stereocenters. The summed E-state index contributed by atoms with van der Waals surface area (Å²) in [6, 6.07) is 38.6. The molecule has 0 saturated carbocycles. The Morgan fingerprint density at radius 3 is 1.31 bits per heavy atom. The van der Waals surface area contributed by atoms with Gasteiger partial charge in [-0.3, -0.25) is 9.59 Å². The maximum atomic E-state index is 12.6. The molecule has 4 rings (SSSR count). The first-order chi connectivity index (χ1) is 23.4. The Hall–Kier alpha value is -4.60. The molecule has 0 spiro atoms. The molecule has 4 aromatic rings. The molecule has 4 aromatic carbocycles. The normalized spacial score (nSPS) is 14.2. The van der Waals surface area contributed by atoms with Gasteiger partial charge in [-0.25, -0.2) is 0 Å². The molecule has 0 heterocycles. The van der Waals surface area contributed by atoms with Gasteiger partial charge in [-0.05, 0) is 28.3 Å². The van der Waals surface area contributed by atoms with Crippen molar-refractivity contribution in [2.75, 3.05) is 6.61 Å². The molecule has 48 heavy (non-hydrogen) atoms.